The van der Waals surface area contributed by atoms with Crippen molar-refractivity contribution in [3.05, 3.63) is 35.4 Å². The molecule has 1 aromatic rings. The quantitative estimate of drug-likeness (QED) is 0.764. The van der Waals surface area contributed by atoms with E-state index in [-0.39, 0.29) is 12.5 Å². The van der Waals surface area contributed by atoms with Gasteiger partial charge < -0.3 is 20.1 Å². The first-order valence-corrected chi connectivity index (χ1v) is 5.82. The van der Waals surface area contributed by atoms with Gasteiger partial charge in [0.2, 0.25) is 0 Å². The average Bonchev–Trinajstić information content (AvgIpc) is 2.50. The average molecular weight is 280 g/mol. The highest BCUT2D eigenvalue weighted by atomic mass is 16.5. The third-order valence-electron chi connectivity index (χ3n) is 2.46. The first-order chi connectivity index (χ1) is 9.56. The van der Waals surface area contributed by atoms with Crippen molar-refractivity contribution in [2.75, 3.05) is 20.8 Å². The number of amides is 2. The third kappa shape index (κ3) is 4.97. The molecule has 108 valence electrons. The highest BCUT2D eigenvalue weighted by molar-refractivity contribution is 5.95. The maximum atomic E-state index is 11.7. The third-order valence-corrected chi connectivity index (χ3v) is 2.46. The van der Waals surface area contributed by atoms with Crippen LogP contribution in [0.3, 0.4) is 0 Å². The predicted octanol–water partition coefficient (Wildman–Crippen LogP) is 0.445. The van der Waals surface area contributed by atoms with Crippen molar-refractivity contribution >= 4 is 18.0 Å². The van der Waals surface area contributed by atoms with Gasteiger partial charge in [0, 0.05) is 12.1 Å². The van der Waals surface area contributed by atoms with Crippen molar-refractivity contribution in [2.24, 2.45) is 0 Å². The normalized spacial score (nSPS) is 9.50. The molecule has 0 fully saturated rings. The lowest BCUT2D eigenvalue weighted by Gasteiger charge is -2.06. The fraction of sp³-hybridized carbons (Fsp3) is 0.308. The van der Waals surface area contributed by atoms with Gasteiger partial charge in [-0.05, 0) is 17.7 Å². The van der Waals surface area contributed by atoms with E-state index < -0.39 is 12.1 Å². The van der Waals surface area contributed by atoms with Gasteiger partial charge in [-0.25, -0.2) is 4.79 Å². The molecule has 0 heterocycles. The second-order valence-corrected chi connectivity index (χ2v) is 3.80. The number of nitrogens with one attached hydrogen (secondary N) is 2. The van der Waals surface area contributed by atoms with E-state index in [2.05, 4.69) is 20.1 Å². The number of methoxy groups -OCH3 is 2. The standard InChI is InChI=1S/C13H16N2O5/c1-19-11(16)8-14-12(17)10-5-3-9(4-6-10)7-15-13(18)20-2/h3-6H,7-8H2,1-2H3,(H,14,17)(H,15,18). The monoisotopic (exact) mass is 280 g/mol. The molecule has 0 aliphatic rings. The molecule has 0 atom stereocenters. The number of benzene rings is 1. The van der Waals surface area contributed by atoms with Gasteiger partial charge in [-0.2, -0.15) is 0 Å². The Labute approximate surface area is 116 Å². The Kier molecular flexibility index (Phi) is 6.02. The summed E-state index contributed by atoms with van der Waals surface area (Å²) >= 11 is 0. The first-order valence-electron chi connectivity index (χ1n) is 5.82. The zero-order valence-corrected chi connectivity index (χ0v) is 11.3. The molecular formula is C13H16N2O5. The summed E-state index contributed by atoms with van der Waals surface area (Å²) in [5, 5.41) is 4.95. The van der Waals surface area contributed by atoms with Gasteiger partial charge >= 0.3 is 12.1 Å². The van der Waals surface area contributed by atoms with Crippen LogP contribution in [0, 0.1) is 0 Å². The van der Waals surface area contributed by atoms with E-state index in [1.54, 1.807) is 24.3 Å². The maximum Gasteiger partial charge on any atom is 0.407 e. The molecule has 0 radical (unpaired) electrons. The van der Waals surface area contributed by atoms with Crippen LogP contribution in [-0.2, 0) is 20.8 Å². The Morgan fingerprint density at radius 2 is 1.65 bits per heavy atom. The van der Waals surface area contributed by atoms with Crippen molar-refractivity contribution in [3.8, 4) is 0 Å². The molecular weight excluding hydrogens is 264 g/mol. The minimum absolute atomic E-state index is 0.180. The minimum Gasteiger partial charge on any atom is -0.468 e. The molecule has 7 nitrogen and oxygen atoms in total. The number of hydrogen-bond acceptors (Lipinski definition) is 5. The predicted molar refractivity (Wildman–Crippen MR) is 70.0 cm³/mol. The molecule has 0 aliphatic carbocycles. The molecule has 1 aromatic carbocycles. The van der Waals surface area contributed by atoms with Crippen molar-refractivity contribution in [3.63, 3.8) is 0 Å². The van der Waals surface area contributed by atoms with E-state index in [4.69, 9.17) is 0 Å². The summed E-state index contributed by atoms with van der Waals surface area (Å²) in [6.45, 7) is 0.123. The summed E-state index contributed by atoms with van der Waals surface area (Å²) in [6.07, 6.45) is -0.523. The lowest BCUT2D eigenvalue weighted by Crippen LogP contribution is -2.30. The molecule has 2 amide bonds. The number of esters is 1. The summed E-state index contributed by atoms with van der Waals surface area (Å²) in [5.41, 5.74) is 1.23. The van der Waals surface area contributed by atoms with Crippen LogP contribution in [0.4, 0.5) is 4.79 Å². The van der Waals surface area contributed by atoms with Gasteiger partial charge in [-0.3, -0.25) is 9.59 Å². The van der Waals surface area contributed by atoms with E-state index in [9.17, 15) is 14.4 Å². The van der Waals surface area contributed by atoms with E-state index in [1.807, 2.05) is 0 Å². The van der Waals surface area contributed by atoms with Gasteiger partial charge in [0.1, 0.15) is 6.54 Å². The van der Waals surface area contributed by atoms with E-state index in [1.165, 1.54) is 14.2 Å². The number of ether oxygens (including phenoxy) is 2. The van der Waals surface area contributed by atoms with Gasteiger partial charge in [0.05, 0.1) is 14.2 Å². The second kappa shape index (κ2) is 7.78. The summed E-state index contributed by atoms with van der Waals surface area (Å²) in [5.74, 6) is -0.889. The molecule has 0 aliphatic heterocycles. The van der Waals surface area contributed by atoms with Gasteiger partial charge in [-0.1, -0.05) is 12.1 Å². The van der Waals surface area contributed by atoms with Crippen LogP contribution in [0.1, 0.15) is 15.9 Å². The Morgan fingerprint density at radius 3 is 2.20 bits per heavy atom. The zero-order valence-electron chi connectivity index (χ0n) is 11.3. The van der Waals surface area contributed by atoms with E-state index in [0.29, 0.717) is 12.1 Å². The summed E-state index contributed by atoms with van der Waals surface area (Å²) in [4.78, 5) is 33.5. The minimum atomic E-state index is -0.523. The Hall–Kier alpha value is -2.57. The Balaban J connectivity index is 2.51. The highest BCUT2D eigenvalue weighted by Gasteiger charge is 2.08. The molecule has 0 spiro atoms. The van der Waals surface area contributed by atoms with Gasteiger partial charge in [0.25, 0.3) is 5.91 Å². The fourth-order valence-electron chi connectivity index (χ4n) is 1.35. The summed E-state index contributed by atoms with van der Waals surface area (Å²) < 4.78 is 8.86. The van der Waals surface area contributed by atoms with Crippen LogP contribution >= 0.6 is 0 Å². The van der Waals surface area contributed by atoms with Crippen LogP contribution in [0.25, 0.3) is 0 Å². The van der Waals surface area contributed by atoms with Crippen molar-refractivity contribution in [1.29, 1.82) is 0 Å². The molecule has 0 saturated carbocycles. The molecule has 0 bridgehead atoms. The topological polar surface area (TPSA) is 93.7 Å². The fourth-order valence-corrected chi connectivity index (χ4v) is 1.35. The zero-order chi connectivity index (χ0) is 15.0. The van der Waals surface area contributed by atoms with Crippen molar-refractivity contribution in [2.45, 2.75) is 6.54 Å². The van der Waals surface area contributed by atoms with Crippen LogP contribution in [0.15, 0.2) is 24.3 Å². The summed E-state index contributed by atoms with van der Waals surface area (Å²) in [7, 11) is 2.53. The number of carbonyl (C=O) groups is 3. The molecule has 20 heavy (non-hydrogen) atoms. The summed E-state index contributed by atoms with van der Waals surface area (Å²) in [6, 6.07) is 6.59. The number of rotatable bonds is 5. The number of alkyl carbamates (subject to hydrolysis) is 1. The maximum absolute atomic E-state index is 11.7. The Morgan fingerprint density at radius 1 is 1.00 bits per heavy atom. The van der Waals surface area contributed by atoms with Crippen LogP contribution in [0.2, 0.25) is 0 Å². The number of hydrogen-bond donors (Lipinski definition) is 2. The molecule has 0 unspecified atom stereocenters. The SMILES string of the molecule is COC(=O)CNC(=O)c1ccc(CNC(=O)OC)cc1. The molecule has 1 rings (SSSR count). The van der Waals surface area contributed by atoms with Crippen LogP contribution in [-0.4, -0.2) is 38.7 Å². The van der Waals surface area contributed by atoms with Crippen LogP contribution < -0.4 is 10.6 Å². The second-order valence-electron chi connectivity index (χ2n) is 3.80. The van der Waals surface area contributed by atoms with Crippen molar-refractivity contribution < 1.29 is 23.9 Å². The molecule has 7 heteroatoms. The lowest BCUT2D eigenvalue weighted by molar-refractivity contribution is -0.139. The molecule has 0 saturated heterocycles. The lowest BCUT2D eigenvalue weighted by atomic mass is 10.1. The first kappa shape index (κ1) is 15.5. The molecule has 2 N–H and O–H groups in total. The van der Waals surface area contributed by atoms with E-state index in [0.717, 1.165) is 5.56 Å². The Bertz CT molecular complexity index is 484. The largest absolute Gasteiger partial charge is 0.468 e. The van der Waals surface area contributed by atoms with Crippen LogP contribution in [0.5, 0.6) is 0 Å². The highest BCUT2D eigenvalue weighted by Crippen LogP contribution is 2.04. The van der Waals surface area contributed by atoms with Crippen molar-refractivity contribution in [1.82, 2.24) is 10.6 Å². The smallest absolute Gasteiger partial charge is 0.407 e. The molecule has 0 aromatic heterocycles. The van der Waals surface area contributed by atoms with Gasteiger partial charge in [-0.15, -0.1) is 0 Å². The van der Waals surface area contributed by atoms with E-state index >= 15 is 0 Å². The number of carbonyl (C=O) groups excluding carboxylic acids is 3. The van der Waals surface area contributed by atoms with Gasteiger partial charge in [0.15, 0.2) is 0 Å².